The lowest BCUT2D eigenvalue weighted by atomic mass is 10.0. The van der Waals surface area contributed by atoms with Crippen LogP contribution in [0.5, 0.6) is 0 Å². The molecule has 28 heavy (non-hydrogen) atoms. The van der Waals surface area contributed by atoms with Gasteiger partial charge in [-0.25, -0.2) is 0 Å². The van der Waals surface area contributed by atoms with Gasteiger partial charge in [0.1, 0.15) is 6.04 Å². The standard InChI is InChI=1S/C22H23N3O3/c1-23-11-13-24(14-12-23)22(28)19(15-16-7-3-2-4-8-16)25-20(26)17-9-5-6-10-18(17)21(25)27/h2-10,19H,11-15H2,1H3. The third-order valence-corrected chi connectivity index (χ3v) is 5.51. The molecule has 0 saturated carbocycles. The molecule has 2 aromatic carbocycles. The van der Waals surface area contributed by atoms with E-state index in [-0.39, 0.29) is 17.7 Å². The van der Waals surface area contributed by atoms with Crippen LogP contribution in [0.15, 0.2) is 54.6 Å². The lowest BCUT2D eigenvalue weighted by Crippen LogP contribution is -2.56. The minimum absolute atomic E-state index is 0.161. The van der Waals surface area contributed by atoms with Crippen molar-refractivity contribution in [2.45, 2.75) is 12.5 Å². The summed E-state index contributed by atoms with van der Waals surface area (Å²) in [7, 11) is 2.02. The SMILES string of the molecule is CN1CCN(C(=O)C(Cc2ccccc2)N2C(=O)c3ccccc3C2=O)CC1. The van der Waals surface area contributed by atoms with Crippen molar-refractivity contribution in [2.24, 2.45) is 0 Å². The van der Waals surface area contributed by atoms with Crippen molar-refractivity contribution >= 4 is 17.7 Å². The van der Waals surface area contributed by atoms with Gasteiger partial charge in [0.05, 0.1) is 11.1 Å². The molecule has 2 aliphatic heterocycles. The van der Waals surface area contributed by atoms with Gasteiger partial charge in [-0.2, -0.15) is 0 Å². The highest BCUT2D eigenvalue weighted by atomic mass is 16.2. The number of nitrogens with zero attached hydrogens (tertiary/aromatic N) is 3. The molecular weight excluding hydrogens is 354 g/mol. The number of benzene rings is 2. The Hall–Kier alpha value is -2.99. The Bertz CT molecular complexity index is 869. The molecule has 0 N–H and O–H groups in total. The number of fused-ring (bicyclic) bond motifs is 1. The molecule has 0 radical (unpaired) electrons. The van der Waals surface area contributed by atoms with Gasteiger partial charge in [-0.3, -0.25) is 19.3 Å². The summed E-state index contributed by atoms with van der Waals surface area (Å²) in [6.07, 6.45) is 0.317. The van der Waals surface area contributed by atoms with Crippen LogP contribution < -0.4 is 0 Å². The van der Waals surface area contributed by atoms with Crippen LogP contribution in [0, 0.1) is 0 Å². The Labute approximate surface area is 164 Å². The number of imide groups is 1. The molecule has 0 aliphatic carbocycles. The van der Waals surface area contributed by atoms with Crippen molar-refractivity contribution in [3.05, 3.63) is 71.3 Å². The predicted molar refractivity (Wildman–Crippen MR) is 105 cm³/mol. The second-order valence-corrected chi connectivity index (χ2v) is 7.36. The first-order valence-corrected chi connectivity index (χ1v) is 9.54. The van der Waals surface area contributed by atoms with Gasteiger partial charge in [-0.1, -0.05) is 42.5 Å². The number of hydrogen-bond donors (Lipinski definition) is 0. The monoisotopic (exact) mass is 377 g/mol. The highest BCUT2D eigenvalue weighted by Crippen LogP contribution is 2.27. The van der Waals surface area contributed by atoms with Crippen molar-refractivity contribution in [3.63, 3.8) is 0 Å². The summed E-state index contributed by atoms with van der Waals surface area (Å²) in [5.41, 5.74) is 1.67. The molecular formula is C22H23N3O3. The van der Waals surface area contributed by atoms with Gasteiger partial charge in [0.2, 0.25) is 5.91 Å². The maximum atomic E-state index is 13.4. The van der Waals surface area contributed by atoms with Crippen molar-refractivity contribution in [3.8, 4) is 0 Å². The van der Waals surface area contributed by atoms with Crippen LogP contribution in [0.4, 0.5) is 0 Å². The minimum Gasteiger partial charge on any atom is -0.338 e. The first-order chi connectivity index (χ1) is 13.6. The smallest absolute Gasteiger partial charge is 0.262 e. The predicted octanol–water partition coefficient (Wildman–Crippen LogP) is 1.67. The minimum atomic E-state index is -0.835. The zero-order valence-corrected chi connectivity index (χ0v) is 15.9. The number of hydrogen-bond acceptors (Lipinski definition) is 4. The van der Waals surface area contributed by atoms with Gasteiger partial charge in [-0.15, -0.1) is 0 Å². The van der Waals surface area contributed by atoms with Gasteiger partial charge in [0.15, 0.2) is 0 Å². The number of carbonyl (C=O) groups excluding carboxylic acids is 3. The highest BCUT2D eigenvalue weighted by Gasteiger charge is 2.44. The van der Waals surface area contributed by atoms with Crippen LogP contribution in [-0.4, -0.2) is 71.7 Å². The van der Waals surface area contributed by atoms with Gasteiger partial charge < -0.3 is 9.80 Å². The highest BCUT2D eigenvalue weighted by molar-refractivity contribution is 6.22. The van der Waals surface area contributed by atoms with E-state index in [1.54, 1.807) is 29.2 Å². The molecule has 1 fully saturated rings. The summed E-state index contributed by atoms with van der Waals surface area (Å²) in [4.78, 5) is 44.5. The molecule has 0 bridgehead atoms. The lowest BCUT2D eigenvalue weighted by molar-refractivity contribution is -0.137. The maximum Gasteiger partial charge on any atom is 0.262 e. The van der Waals surface area contributed by atoms with E-state index in [2.05, 4.69) is 4.90 Å². The van der Waals surface area contributed by atoms with Crippen LogP contribution >= 0.6 is 0 Å². The van der Waals surface area contributed by atoms with Crippen molar-refractivity contribution in [1.29, 1.82) is 0 Å². The van der Waals surface area contributed by atoms with E-state index in [9.17, 15) is 14.4 Å². The van der Waals surface area contributed by atoms with E-state index in [0.717, 1.165) is 23.6 Å². The van der Waals surface area contributed by atoms with Gasteiger partial charge in [0.25, 0.3) is 11.8 Å². The van der Waals surface area contributed by atoms with Crippen LogP contribution in [0.2, 0.25) is 0 Å². The number of carbonyl (C=O) groups is 3. The Morgan fingerprint density at radius 1 is 0.857 bits per heavy atom. The molecule has 2 aromatic rings. The van der Waals surface area contributed by atoms with Gasteiger partial charge >= 0.3 is 0 Å². The molecule has 4 rings (SSSR count). The average molecular weight is 377 g/mol. The van der Waals surface area contributed by atoms with Gasteiger partial charge in [-0.05, 0) is 24.7 Å². The zero-order valence-electron chi connectivity index (χ0n) is 15.9. The van der Waals surface area contributed by atoms with E-state index in [1.165, 1.54) is 0 Å². The number of likely N-dealkylation sites (N-methyl/N-ethyl adjacent to an activating group) is 1. The van der Waals surface area contributed by atoms with E-state index in [4.69, 9.17) is 0 Å². The van der Waals surface area contributed by atoms with E-state index in [0.29, 0.717) is 30.6 Å². The molecule has 6 heteroatoms. The number of rotatable bonds is 4. The molecule has 6 nitrogen and oxygen atoms in total. The zero-order chi connectivity index (χ0) is 19.7. The first-order valence-electron chi connectivity index (χ1n) is 9.54. The Kier molecular flexibility index (Phi) is 4.96. The maximum absolute atomic E-state index is 13.4. The van der Waals surface area contributed by atoms with Crippen LogP contribution in [-0.2, 0) is 11.2 Å². The topological polar surface area (TPSA) is 60.9 Å². The Morgan fingerprint density at radius 2 is 1.39 bits per heavy atom. The summed E-state index contributed by atoms with van der Waals surface area (Å²) >= 11 is 0. The largest absolute Gasteiger partial charge is 0.338 e. The molecule has 3 amide bonds. The molecule has 2 aliphatic rings. The lowest BCUT2D eigenvalue weighted by Gasteiger charge is -2.36. The molecule has 0 spiro atoms. The van der Waals surface area contributed by atoms with E-state index >= 15 is 0 Å². The normalized spacial score (nSPS) is 18.3. The van der Waals surface area contributed by atoms with Crippen molar-refractivity contribution < 1.29 is 14.4 Å². The summed E-state index contributed by atoms with van der Waals surface area (Å²) < 4.78 is 0. The second kappa shape index (κ2) is 7.56. The van der Waals surface area contributed by atoms with Crippen LogP contribution in [0.25, 0.3) is 0 Å². The molecule has 1 atom stereocenters. The summed E-state index contributed by atoms with van der Waals surface area (Å²) in [5.74, 6) is -0.931. The molecule has 1 saturated heterocycles. The molecule has 2 heterocycles. The average Bonchev–Trinajstić information content (AvgIpc) is 2.98. The van der Waals surface area contributed by atoms with Crippen molar-refractivity contribution in [2.75, 3.05) is 33.2 Å². The fraction of sp³-hybridized carbons (Fsp3) is 0.318. The second-order valence-electron chi connectivity index (χ2n) is 7.36. The number of amides is 3. The fourth-order valence-corrected chi connectivity index (χ4v) is 3.85. The quantitative estimate of drug-likeness (QED) is 0.761. The Balaban J connectivity index is 1.66. The third kappa shape index (κ3) is 3.31. The van der Waals surface area contributed by atoms with E-state index < -0.39 is 6.04 Å². The summed E-state index contributed by atoms with van der Waals surface area (Å²) in [6, 6.07) is 15.5. The summed E-state index contributed by atoms with van der Waals surface area (Å²) in [6.45, 7) is 2.77. The third-order valence-electron chi connectivity index (χ3n) is 5.51. The molecule has 1 unspecified atom stereocenters. The summed E-state index contributed by atoms with van der Waals surface area (Å²) in [5, 5.41) is 0. The molecule has 144 valence electrons. The molecule has 0 aromatic heterocycles. The number of piperazine rings is 1. The first kappa shape index (κ1) is 18.4. The van der Waals surface area contributed by atoms with Crippen LogP contribution in [0.3, 0.4) is 0 Å². The Morgan fingerprint density at radius 3 is 1.96 bits per heavy atom. The van der Waals surface area contributed by atoms with E-state index in [1.807, 2.05) is 37.4 Å². The van der Waals surface area contributed by atoms with Crippen molar-refractivity contribution in [1.82, 2.24) is 14.7 Å². The van der Waals surface area contributed by atoms with Crippen LogP contribution in [0.1, 0.15) is 26.3 Å². The van der Waals surface area contributed by atoms with Gasteiger partial charge in [0, 0.05) is 32.6 Å². The fourth-order valence-electron chi connectivity index (χ4n) is 3.85.